The van der Waals surface area contributed by atoms with Gasteiger partial charge in [0.25, 0.3) is 0 Å². The highest BCUT2D eigenvalue weighted by Gasteiger charge is 2.17. The fraction of sp³-hybridized carbons (Fsp3) is 0.421. The van der Waals surface area contributed by atoms with Crippen molar-refractivity contribution in [2.24, 2.45) is 7.05 Å². The third-order valence-electron chi connectivity index (χ3n) is 4.32. The summed E-state index contributed by atoms with van der Waals surface area (Å²) in [5, 5.41) is 5.73. The molecule has 1 aromatic carbocycles. The van der Waals surface area contributed by atoms with Crippen LogP contribution in [0.2, 0.25) is 0 Å². The number of aryl methyl sites for hydroxylation is 2. The van der Waals surface area contributed by atoms with Crippen molar-refractivity contribution in [2.45, 2.75) is 32.4 Å². The van der Waals surface area contributed by atoms with Crippen molar-refractivity contribution in [2.75, 3.05) is 18.5 Å². The largest absolute Gasteiger partial charge is 0.489 e. The van der Waals surface area contributed by atoms with Crippen LogP contribution in [0, 0.1) is 6.92 Å². The number of carbonyl (C=O) groups is 1. The summed E-state index contributed by atoms with van der Waals surface area (Å²) in [6.07, 6.45) is 4.19. The summed E-state index contributed by atoms with van der Waals surface area (Å²) in [5.41, 5.74) is 2.78. The van der Waals surface area contributed by atoms with E-state index >= 15 is 0 Å². The third-order valence-corrected chi connectivity index (χ3v) is 4.32. The third kappa shape index (κ3) is 4.76. The Morgan fingerprint density at radius 1 is 1.40 bits per heavy atom. The smallest absolute Gasteiger partial charge is 0.319 e. The Hall–Kier alpha value is -2.47. The van der Waals surface area contributed by atoms with Gasteiger partial charge in [0.1, 0.15) is 12.4 Å². The zero-order chi connectivity index (χ0) is 17.6. The molecule has 0 bridgehead atoms. The van der Waals surface area contributed by atoms with E-state index in [0.717, 1.165) is 30.7 Å². The van der Waals surface area contributed by atoms with Gasteiger partial charge in [0.2, 0.25) is 0 Å². The van der Waals surface area contributed by atoms with E-state index in [2.05, 4.69) is 10.6 Å². The standard InChI is InChI=1S/C19H25N3O3/c1-14-7-8-17(18(11-14)25-13-16-6-4-10-24-16)21-19(23)20-12-15-5-3-9-22(15)2/h3,5,7-9,11,16H,4,6,10,12-13H2,1-2H3,(H2,20,21,23)/t16-/m0/s1. The van der Waals surface area contributed by atoms with Gasteiger partial charge in [-0.05, 0) is 49.6 Å². The number of anilines is 1. The molecule has 3 rings (SSSR count). The summed E-state index contributed by atoms with van der Waals surface area (Å²) >= 11 is 0. The van der Waals surface area contributed by atoms with Crippen LogP contribution in [0.25, 0.3) is 0 Å². The van der Waals surface area contributed by atoms with Gasteiger partial charge in [-0.15, -0.1) is 0 Å². The first-order valence-electron chi connectivity index (χ1n) is 8.62. The van der Waals surface area contributed by atoms with Gasteiger partial charge in [-0.1, -0.05) is 6.07 Å². The minimum atomic E-state index is -0.257. The van der Waals surface area contributed by atoms with Crippen LogP contribution in [0.5, 0.6) is 5.75 Å². The normalized spacial score (nSPS) is 16.6. The molecule has 0 radical (unpaired) electrons. The molecule has 2 heterocycles. The Morgan fingerprint density at radius 2 is 2.28 bits per heavy atom. The van der Waals surface area contributed by atoms with Crippen LogP contribution < -0.4 is 15.4 Å². The molecule has 1 atom stereocenters. The van der Waals surface area contributed by atoms with Gasteiger partial charge in [0.05, 0.1) is 18.3 Å². The molecule has 1 saturated heterocycles. The highest BCUT2D eigenvalue weighted by molar-refractivity contribution is 5.90. The van der Waals surface area contributed by atoms with Gasteiger partial charge in [0, 0.05) is 25.5 Å². The molecule has 134 valence electrons. The first-order valence-corrected chi connectivity index (χ1v) is 8.62. The van der Waals surface area contributed by atoms with Crippen molar-refractivity contribution in [3.05, 3.63) is 47.8 Å². The van der Waals surface area contributed by atoms with Crippen LogP contribution >= 0.6 is 0 Å². The minimum Gasteiger partial charge on any atom is -0.489 e. The quantitative estimate of drug-likeness (QED) is 0.846. The second-order valence-electron chi connectivity index (χ2n) is 6.36. The Labute approximate surface area is 148 Å². The van der Waals surface area contributed by atoms with Crippen LogP contribution in [0.15, 0.2) is 36.5 Å². The summed E-state index contributed by atoms with van der Waals surface area (Å²) in [4.78, 5) is 12.2. The Bertz CT molecular complexity index is 720. The molecule has 1 aliphatic heterocycles. The van der Waals surface area contributed by atoms with Crippen molar-refractivity contribution in [1.82, 2.24) is 9.88 Å². The van der Waals surface area contributed by atoms with Crippen LogP contribution in [0.1, 0.15) is 24.1 Å². The van der Waals surface area contributed by atoms with E-state index < -0.39 is 0 Å². The number of aromatic nitrogens is 1. The molecule has 0 spiro atoms. The fourth-order valence-corrected chi connectivity index (χ4v) is 2.83. The number of rotatable bonds is 6. The van der Waals surface area contributed by atoms with Crippen molar-refractivity contribution in [3.8, 4) is 5.75 Å². The first-order chi connectivity index (χ1) is 12.1. The summed E-state index contributed by atoms with van der Waals surface area (Å²) < 4.78 is 13.5. The monoisotopic (exact) mass is 343 g/mol. The van der Waals surface area contributed by atoms with Gasteiger partial charge in [-0.2, -0.15) is 0 Å². The SMILES string of the molecule is Cc1ccc(NC(=O)NCc2cccn2C)c(OC[C@@H]2CCCO2)c1. The fourth-order valence-electron chi connectivity index (χ4n) is 2.83. The second-order valence-corrected chi connectivity index (χ2v) is 6.36. The number of nitrogens with zero attached hydrogens (tertiary/aromatic N) is 1. The molecule has 1 aromatic heterocycles. The number of amides is 2. The number of carbonyl (C=O) groups excluding carboxylic acids is 1. The lowest BCUT2D eigenvalue weighted by Gasteiger charge is -2.16. The minimum absolute atomic E-state index is 0.138. The lowest BCUT2D eigenvalue weighted by molar-refractivity contribution is 0.0682. The molecular formula is C19H25N3O3. The number of hydrogen-bond acceptors (Lipinski definition) is 3. The molecule has 1 fully saturated rings. The zero-order valence-electron chi connectivity index (χ0n) is 14.7. The van der Waals surface area contributed by atoms with Crippen LogP contribution in [0.4, 0.5) is 10.5 Å². The molecule has 6 heteroatoms. The molecule has 2 N–H and O–H groups in total. The van der Waals surface area contributed by atoms with Crippen molar-refractivity contribution in [3.63, 3.8) is 0 Å². The predicted molar refractivity (Wildman–Crippen MR) is 96.9 cm³/mol. The highest BCUT2D eigenvalue weighted by Crippen LogP contribution is 2.26. The lowest BCUT2D eigenvalue weighted by Crippen LogP contribution is -2.29. The van der Waals surface area contributed by atoms with Crippen LogP contribution in [-0.4, -0.2) is 29.9 Å². The summed E-state index contributed by atoms with van der Waals surface area (Å²) in [6, 6.07) is 9.41. The molecule has 2 amide bonds. The average Bonchev–Trinajstić information content (AvgIpc) is 3.25. The lowest BCUT2D eigenvalue weighted by atomic mass is 10.2. The van der Waals surface area contributed by atoms with Crippen molar-refractivity contribution < 1.29 is 14.3 Å². The van der Waals surface area contributed by atoms with E-state index in [-0.39, 0.29) is 12.1 Å². The first kappa shape index (κ1) is 17.4. The van der Waals surface area contributed by atoms with Crippen LogP contribution in [-0.2, 0) is 18.3 Å². The summed E-state index contributed by atoms with van der Waals surface area (Å²) in [5.74, 6) is 0.671. The van der Waals surface area contributed by atoms with Gasteiger partial charge in [0.15, 0.2) is 0 Å². The Morgan fingerprint density at radius 3 is 3.00 bits per heavy atom. The molecule has 6 nitrogen and oxygen atoms in total. The second kappa shape index (κ2) is 8.07. The van der Waals surface area contributed by atoms with E-state index in [4.69, 9.17) is 9.47 Å². The summed E-state index contributed by atoms with van der Waals surface area (Å²) in [6.45, 7) is 3.77. The predicted octanol–water partition coefficient (Wildman–Crippen LogP) is 3.21. The highest BCUT2D eigenvalue weighted by atomic mass is 16.5. The van der Waals surface area contributed by atoms with E-state index in [9.17, 15) is 4.79 Å². The molecule has 1 aliphatic rings. The maximum Gasteiger partial charge on any atom is 0.319 e. The topological polar surface area (TPSA) is 64.5 Å². The molecule has 25 heavy (non-hydrogen) atoms. The van der Waals surface area contributed by atoms with Gasteiger partial charge in [-0.3, -0.25) is 0 Å². The zero-order valence-corrected chi connectivity index (χ0v) is 14.7. The van der Waals surface area contributed by atoms with E-state index in [1.807, 2.05) is 55.1 Å². The number of benzene rings is 1. The number of nitrogens with one attached hydrogen (secondary N) is 2. The Balaban J connectivity index is 1.58. The Kier molecular flexibility index (Phi) is 5.60. The van der Waals surface area contributed by atoms with Gasteiger partial charge < -0.3 is 24.7 Å². The molecule has 0 aliphatic carbocycles. The van der Waals surface area contributed by atoms with Crippen LogP contribution in [0.3, 0.4) is 0 Å². The molecule has 0 unspecified atom stereocenters. The van der Waals surface area contributed by atoms with E-state index in [1.165, 1.54) is 0 Å². The number of urea groups is 1. The summed E-state index contributed by atoms with van der Waals surface area (Å²) in [7, 11) is 1.95. The maximum absolute atomic E-state index is 12.2. The van der Waals surface area contributed by atoms with Gasteiger partial charge in [-0.25, -0.2) is 4.79 Å². The maximum atomic E-state index is 12.2. The van der Waals surface area contributed by atoms with E-state index in [1.54, 1.807) is 0 Å². The van der Waals surface area contributed by atoms with Crippen molar-refractivity contribution >= 4 is 11.7 Å². The van der Waals surface area contributed by atoms with Crippen molar-refractivity contribution in [1.29, 1.82) is 0 Å². The number of hydrogen-bond donors (Lipinski definition) is 2. The van der Waals surface area contributed by atoms with Gasteiger partial charge >= 0.3 is 6.03 Å². The number of ether oxygens (including phenoxy) is 2. The molecular weight excluding hydrogens is 318 g/mol. The van der Waals surface area contributed by atoms with E-state index in [0.29, 0.717) is 24.6 Å². The average molecular weight is 343 g/mol. The molecule has 2 aromatic rings. The molecule has 0 saturated carbocycles.